The average Bonchev–Trinajstić information content (AvgIpc) is 3.28. The smallest absolute Gasteiger partial charge is 0.263 e. The molecule has 1 fully saturated rings. The second-order valence-electron chi connectivity index (χ2n) is 6.69. The summed E-state index contributed by atoms with van der Waals surface area (Å²) in [6.45, 7) is -0.567. The van der Waals surface area contributed by atoms with Crippen LogP contribution in [0.3, 0.4) is 0 Å². The molecule has 1 aromatic carbocycles. The Balaban J connectivity index is 2.02. The summed E-state index contributed by atoms with van der Waals surface area (Å²) in [5, 5.41) is 19.3. The van der Waals surface area contributed by atoms with E-state index in [9.17, 15) is 19.6 Å². The molecule has 152 valence electrons. The van der Waals surface area contributed by atoms with Crippen molar-refractivity contribution in [2.45, 2.75) is 23.2 Å². The van der Waals surface area contributed by atoms with Gasteiger partial charge in [-0.1, -0.05) is 30.3 Å². The van der Waals surface area contributed by atoms with Gasteiger partial charge in [-0.05, 0) is 11.2 Å². The predicted octanol–water partition coefficient (Wildman–Crippen LogP) is -0.557. The predicted molar refractivity (Wildman–Crippen MR) is 104 cm³/mol. The molecule has 1 aliphatic rings. The number of nitrogen functional groups attached to an aromatic ring is 1. The summed E-state index contributed by atoms with van der Waals surface area (Å²) in [5.41, 5.74) is 4.61. The summed E-state index contributed by atoms with van der Waals surface area (Å²) in [6, 6.07) is 8.29. The lowest BCUT2D eigenvalue weighted by atomic mass is 9.95. The van der Waals surface area contributed by atoms with E-state index in [1.807, 2.05) is 0 Å². The van der Waals surface area contributed by atoms with Gasteiger partial charge in [0.15, 0.2) is 16.7 Å². The van der Waals surface area contributed by atoms with Crippen LogP contribution in [0, 0.1) is 0 Å². The molecular weight excluding hydrogens is 398 g/mol. The van der Waals surface area contributed by atoms with Crippen LogP contribution >= 0.6 is 0 Å². The van der Waals surface area contributed by atoms with E-state index in [1.165, 1.54) is 23.5 Å². The van der Waals surface area contributed by atoms with E-state index < -0.39 is 46.7 Å². The number of nitrogens with zero attached hydrogens (tertiary/aromatic N) is 4. The van der Waals surface area contributed by atoms with Crippen molar-refractivity contribution in [3.05, 3.63) is 48.5 Å². The minimum atomic E-state index is -1.96. The molecule has 4 rings (SSSR count). The second-order valence-corrected chi connectivity index (χ2v) is 8.19. The van der Waals surface area contributed by atoms with E-state index in [0.717, 1.165) is 0 Å². The summed E-state index contributed by atoms with van der Waals surface area (Å²) < 4.78 is 20.0. The number of imidazole rings is 1. The number of nitrogens with two attached hydrogens (primary N) is 1. The van der Waals surface area contributed by atoms with E-state index in [1.54, 1.807) is 30.3 Å². The van der Waals surface area contributed by atoms with Gasteiger partial charge in [-0.2, -0.15) is 0 Å². The monoisotopic (exact) mass is 417 g/mol. The maximum absolute atomic E-state index is 13.7. The van der Waals surface area contributed by atoms with Crippen LogP contribution in [0.1, 0.15) is 10.4 Å². The summed E-state index contributed by atoms with van der Waals surface area (Å²) in [5.74, 6) is -0.452. The molecule has 0 amide bonds. The standard InChI is InChI=1S/C18H19N5O5S/c1-29(27)15-13(25)11(7-24)28-18(15,14(26)10-5-3-2-4-6-10)23-9-22-12-16(19)20-8-21-17(12)23/h2-6,8-9,11,13,15,24-25H,7H2,1H3,(H2,19,20,21)/t11-,13-,15?,18-,29?/m1/s1. The fraction of sp³-hybridized carbons (Fsp3) is 0.333. The van der Waals surface area contributed by atoms with Crippen LogP contribution in [0.5, 0.6) is 0 Å². The van der Waals surface area contributed by atoms with Crippen molar-refractivity contribution in [3.63, 3.8) is 0 Å². The van der Waals surface area contributed by atoms with Gasteiger partial charge in [-0.3, -0.25) is 9.36 Å². The highest BCUT2D eigenvalue weighted by Crippen LogP contribution is 2.43. The molecule has 0 radical (unpaired) electrons. The van der Waals surface area contributed by atoms with Crippen molar-refractivity contribution < 1.29 is 24.3 Å². The molecule has 1 aliphatic heterocycles. The molecule has 29 heavy (non-hydrogen) atoms. The van der Waals surface area contributed by atoms with Crippen molar-refractivity contribution in [3.8, 4) is 0 Å². The maximum Gasteiger partial charge on any atom is 0.263 e. The van der Waals surface area contributed by atoms with Crippen molar-refractivity contribution in [2.24, 2.45) is 0 Å². The van der Waals surface area contributed by atoms with Crippen LogP contribution in [0.2, 0.25) is 0 Å². The highest BCUT2D eigenvalue weighted by atomic mass is 32.2. The van der Waals surface area contributed by atoms with Crippen molar-refractivity contribution >= 4 is 33.9 Å². The topological polar surface area (TPSA) is 159 Å². The fourth-order valence-electron chi connectivity index (χ4n) is 3.74. The Bertz CT molecular complexity index is 1050. The molecule has 2 aromatic heterocycles. The number of ketones is 1. The van der Waals surface area contributed by atoms with E-state index in [4.69, 9.17) is 10.5 Å². The lowest BCUT2D eigenvalue weighted by Gasteiger charge is -2.34. The minimum Gasteiger partial charge on any atom is -0.616 e. The van der Waals surface area contributed by atoms with E-state index in [-0.39, 0.29) is 22.5 Å². The molecule has 0 aliphatic carbocycles. The molecule has 1 saturated heterocycles. The Hall–Kier alpha value is -2.57. The molecule has 3 heterocycles. The summed E-state index contributed by atoms with van der Waals surface area (Å²) >= 11 is -1.72. The third-order valence-electron chi connectivity index (χ3n) is 5.03. The number of hydrogen-bond acceptors (Lipinski definition) is 9. The quantitative estimate of drug-likeness (QED) is 0.365. The lowest BCUT2D eigenvalue weighted by Crippen LogP contribution is -2.55. The Morgan fingerprint density at radius 2 is 2.07 bits per heavy atom. The van der Waals surface area contributed by atoms with Crippen LogP contribution < -0.4 is 5.73 Å². The number of rotatable bonds is 5. The van der Waals surface area contributed by atoms with Crippen molar-refractivity contribution in [1.29, 1.82) is 0 Å². The summed E-state index contributed by atoms with van der Waals surface area (Å²) in [4.78, 5) is 26.0. The number of Topliss-reactive ketones (excluding diaryl/α,β-unsaturated/α-hetero) is 1. The zero-order valence-corrected chi connectivity index (χ0v) is 16.2. The molecular formula is C18H19N5O5S. The SMILES string of the molecule is C[S+]([O-])C1[C@H](O)[C@@H](CO)O[C@@]1(C(=O)c1ccccc1)n1cnc2c(N)ncnc21. The van der Waals surface area contributed by atoms with Crippen LogP contribution in [0.15, 0.2) is 43.0 Å². The fourth-order valence-corrected chi connectivity index (χ4v) is 5.03. The molecule has 5 atom stereocenters. The third-order valence-corrected chi connectivity index (χ3v) is 6.34. The average molecular weight is 417 g/mol. The number of fused-ring (bicyclic) bond motifs is 1. The van der Waals surface area contributed by atoms with Gasteiger partial charge in [-0.25, -0.2) is 15.0 Å². The number of anilines is 1. The molecule has 2 unspecified atom stereocenters. The van der Waals surface area contributed by atoms with Crippen molar-refractivity contribution in [1.82, 2.24) is 19.5 Å². The number of carbonyl (C=O) groups is 1. The van der Waals surface area contributed by atoms with Gasteiger partial charge in [0.2, 0.25) is 5.78 Å². The number of benzene rings is 1. The third kappa shape index (κ3) is 2.90. The number of aliphatic hydroxyl groups excluding tert-OH is 2. The minimum absolute atomic E-state index is 0.0995. The first-order chi connectivity index (χ1) is 13.9. The Morgan fingerprint density at radius 3 is 2.72 bits per heavy atom. The first kappa shape index (κ1) is 19.7. The van der Waals surface area contributed by atoms with E-state index in [2.05, 4.69) is 15.0 Å². The highest BCUT2D eigenvalue weighted by Gasteiger charge is 2.66. The number of aromatic nitrogens is 4. The lowest BCUT2D eigenvalue weighted by molar-refractivity contribution is -0.0894. The zero-order chi connectivity index (χ0) is 20.8. The van der Waals surface area contributed by atoms with Crippen LogP contribution in [0.25, 0.3) is 11.2 Å². The number of ether oxygens (including phenoxy) is 1. The summed E-state index contributed by atoms with van der Waals surface area (Å²) in [7, 11) is 0. The summed E-state index contributed by atoms with van der Waals surface area (Å²) in [6.07, 6.45) is 1.38. The highest BCUT2D eigenvalue weighted by molar-refractivity contribution is 7.91. The Morgan fingerprint density at radius 1 is 1.34 bits per heavy atom. The van der Waals surface area contributed by atoms with Crippen molar-refractivity contribution in [2.75, 3.05) is 18.6 Å². The van der Waals surface area contributed by atoms with Gasteiger partial charge in [0.05, 0.1) is 12.9 Å². The van der Waals surface area contributed by atoms with Gasteiger partial charge in [-0.15, -0.1) is 0 Å². The largest absolute Gasteiger partial charge is 0.616 e. The second kappa shape index (κ2) is 7.35. The van der Waals surface area contributed by atoms with E-state index >= 15 is 0 Å². The van der Waals surface area contributed by atoms with Gasteiger partial charge >= 0.3 is 0 Å². The molecule has 11 heteroatoms. The molecule has 0 spiro atoms. The van der Waals surface area contributed by atoms with Gasteiger partial charge in [0.25, 0.3) is 5.72 Å². The maximum atomic E-state index is 13.7. The molecule has 0 saturated carbocycles. The molecule has 0 bridgehead atoms. The molecule has 4 N–H and O–H groups in total. The number of hydrogen-bond donors (Lipinski definition) is 3. The Labute approximate surface area is 168 Å². The van der Waals surface area contributed by atoms with Crippen LogP contribution in [-0.4, -0.2) is 70.4 Å². The first-order valence-corrected chi connectivity index (χ1v) is 10.4. The van der Waals surface area contributed by atoms with Crippen LogP contribution in [0.4, 0.5) is 5.82 Å². The van der Waals surface area contributed by atoms with E-state index in [0.29, 0.717) is 0 Å². The zero-order valence-electron chi connectivity index (χ0n) is 15.4. The normalized spacial score (nSPS) is 27.9. The Kier molecular flexibility index (Phi) is 5.00. The van der Waals surface area contributed by atoms with Gasteiger partial charge < -0.3 is 25.2 Å². The van der Waals surface area contributed by atoms with Gasteiger partial charge in [0.1, 0.15) is 30.4 Å². The van der Waals surface area contributed by atoms with Gasteiger partial charge in [0, 0.05) is 5.56 Å². The van der Waals surface area contributed by atoms with Crippen LogP contribution in [-0.2, 0) is 21.6 Å². The first-order valence-electron chi connectivity index (χ1n) is 8.74. The number of carbonyl (C=O) groups excluding carboxylic acids is 1. The molecule has 3 aromatic rings. The number of aliphatic hydroxyl groups is 2. The molecule has 10 nitrogen and oxygen atoms in total.